The van der Waals surface area contributed by atoms with Crippen molar-refractivity contribution in [3.05, 3.63) is 0 Å². The van der Waals surface area contributed by atoms with E-state index in [0.717, 1.165) is 0 Å². The first-order valence-electron chi connectivity index (χ1n) is 0.816. The van der Waals surface area contributed by atoms with Crippen molar-refractivity contribution in [1.82, 2.24) is 0 Å². The monoisotopic (exact) mass is 305 g/mol. The number of hydrogen-bond donors (Lipinski definition) is 0. The molecule has 0 atom stereocenters. The molecule has 2 radical (unpaired) electrons. The van der Waals surface area contributed by atoms with Crippen LogP contribution < -0.4 is 19.2 Å². The second kappa shape index (κ2) is 5.92. The van der Waals surface area contributed by atoms with Crippen LogP contribution in [-0.2, 0) is 0 Å². The minimum absolute atomic E-state index is 0. The first kappa shape index (κ1) is 15.9. The van der Waals surface area contributed by atoms with Crippen molar-refractivity contribution in [3.63, 3.8) is 0 Å². The average Bonchev–Trinajstić information content (AvgIpc) is 0.722. The summed E-state index contributed by atoms with van der Waals surface area (Å²) in [5.41, 5.74) is 0. The summed E-state index contributed by atoms with van der Waals surface area (Å²) >= 11 is 0. The van der Waals surface area contributed by atoms with E-state index < -0.39 is 9.05 Å². The van der Waals surface area contributed by atoms with Gasteiger partial charge in [0.15, 0.2) is 0 Å². The van der Waals surface area contributed by atoms with Gasteiger partial charge in [0, 0.05) is 0 Å². The van der Waals surface area contributed by atoms with Gasteiger partial charge in [0.25, 0.3) is 0 Å². The van der Waals surface area contributed by atoms with Crippen molar-refractivity contribution in [1.29, 1.82) is 0 Å². The van der Waals surface area contributed by atoms with Gasteiger partial charge < -0.3 is 28.2 Å². The minimum atomic E-state index is -5.61. The molecule has 0 aromatic rings. The van der Waals surface area contributed by atoms with Gasteiger partial charge >= 0.3 is 53.2 Å². The molecule has 0 heterocycles. The molecule has 7 heavy (non-hydrogen) atoms. The van der Waals surface area contributed by atoms with E-state index in [0.29, 0.717) is 0 Å². The normalized spacial score (nSPS) is 8.57. The van der Waals surface area contributed by atoms with Crippen LogP contribution in [0.25, 0.3) is 0 Å². The Morgan fingerprint density at radius 3 is 0.857 bits per heavy atom. The van der Waals surface area contributed by atoms with Crippen LogP contribution in [0.5, 0.6) is 0 Å². The maximum absolute atomic E-state index is 8.58. The van der Waals surface area contributed by atoms with Gasteiger partial charge in [-0.15, -0.1) is 0 Å². The zero-order chi connectivity index (χ0) is 4.50. The fraction of sp³-hybridized carbons (Fsp3) is 0. The first-order chi connectivity index (χ1) is 2.00. The molecule has 0 N–H and O–H groups in total. The molecule has 34 valence electrons. The van der Waals surface area contributed by atoms with Crippen molar-refractivity contribution in [3.8, 4) is 0 Å². The Bertz CT molecular complexity index is 27.2. The molecule has 0 spiro atoms. The quantitative estimate of drug-likeness (QED) is 0.417. The summed E-state index contributed by atoms with van der Waals surface area (Å²) in [5.74, 6) is 0. The predicted octanol–water partition coefficient (Wildman–Crippen LogP) is -5.52. The molecular formula is GeLaO4Si+. The Morgan fingerprint density at radius 1 is 0.857 bits per heavy atom. The molecule has 0 aromatic heterocycles. The van der Waals surface area contributed by atoms with E-state index in [1.165, 1.54) is 0 Å². The standard InChI is InChI=1S/Ge.La.O4Si/c;;1-5(2,3)4/q+2;+3;-4. The van der Waals surface area contributed by atoms with Gasteiger partial charge in [-0.05, 0) is 0 Å². The van der Waals surface area contributed by atoms with Crippen LogP contribution in [0.2, 0.25) is 0 Å². The van der Waals surface area contributed by atoms with E-state index >= 15 is 0 Å². The van der Waals surface area contributed by atoms with Crippen LogP contribution in [0.15, 0.2) is 0 Å². The molecule has 0 aliphatic heterocycles. The summed E-state index contributed by atoms with van der Waals surface area (Å²) in [7, 11) is -5.61. The molecule has 0 bridgehead atoms. The van der Waals surface area contributed by atoms with E-state index in [1.54, 1.807) is 0 Å². The van der Waals surface area contributed by atoms with Gasteiger partial charge in [0.2, 0.25) is 0 Å². The zero-order valence-electron chi connectivity index (χ0n) is 3.21. The Morgan fingerprint density at radius 2 is 0.857 bits per heavy atom. The number of hydrogen-bond acceptors (Lipinski definition) is 4. The molecule has 0 amide bonds. The van der Waals surface area contributed by atoms with Crippen molar-refractivity contribution < 1.29 is 54.8 Å². The third-order valence-corrected chi connectivity index (χ3v) is 0. The Kier molecular flexibility index (Phi) is 13.5. The van der Waals surface area contributed by atoms with Gasteiger partial charge in [0.05, 0.1) is 0 Å². The van der Waals surface area contributed by atoms with Crippen LogP contribution in [0.3, 0.4) is 0 Å². The third kappa shape index (κ3) is 81.3. The molecule has 0 saturated heterocycles. The molecule has 0 aromatic carbocycles. The van der Waals surface area contributed by atoms with Gasteiger partial charge in [-0.3, -0.25) is 0 Å². The van der Waals surface area contributed by atoms with E-state index in [4.69, 9.17) is 19.2 Å². The smallest absolute Gasteiger partial charge is 0.894 e. The molecule has 0 aliphatic carbocycles. The molecule has 0 rings (SSSR count). The van der Waals surface area contributed by atoms with Crippen LogP contribution in [0, 0.1) is 35.6 Å². The maximum atomic E-state index is 8.58. The summed E-state index contributed by atoms with van der Waals surface area (Å²) in [4.78, 5) is 34.3. The van der Waals surface area contributed by atoms with E-state index in [9.17, 15) is 0 Å². The van der Waals surface area contributed by atoms with Crippen LogP contribution in [-0.4, -0.2) is 26.6 Å². The van der Waals surface area contributed by atoms with Gasteiger partial charge in [-0.1, -0.05) is 0 Å². The van der Waals surface area contributed by atoms with Crippen LogP contribution >= 0.6 is 0 Å². The Hall–Kier alpha value is 1.79. The fourth-order valence-electron chi connectivity index (χ4n) is 0. The van der Waals surface area contributed by atoms with Crippen molar-refractivity contribution >= 4 is 26.6 Å². The van der Waals surface area contributed by atoms with Crippen LogP contribution in [0.4, 0.5) is 0 Å². The first-order valence-corrected chi connectivity index (χ1v) is 2.45. The molecule has 0 aliphatic rings. The largest absolute Gasteiger partial charge is 3.00 e. The van der Waals surface area contributed by atoms with Crippen molar-refractivity contribution in [2.75, 3.05) is 0 Å². The third-order valence-electron chi connectivity index (χ3n) is 0. The minimum Gasteiger partial charge on any atom is -0.894 e. The molecule has 7 heteroatoms. The van der Waals surface area contributed by atoms with E-state index in [1.807, 2.05) is 0 Å². The maximum Gasteiger partial charge on any atom is 3.00 e. The molecule has 0 saturated carbocycles. The summed E-state index contributed by atoms with van der Waals surface area (Å²) < 4.78 is 0. The molecule has 0 unspecified atom stereocenters. The second-order valence-electron chi connectivity index (χ2n) is 0.500. The topological polar surface area (TPSA) is 92.2 Å². The fourth-order valence-corrected chi connectivity index (χ4v) is 0. The van der Waals surface area contributed by atoms with E-state index in [-0.39, 0.29) is 53.2 Å². The van der Waals surface area contributed by atoms with Crippen molar-refractivity contribution in [2.45, 2.75) is 0 Å². The molecule has 4 nitrogen and oxygen atoms in total. The summed E-state index contributed by atoms with van der Waals surface area (Å²) in [5, 5.41) is 0. The summed E-state index contributed by atoms with van der Waals surface area (Å²) in [6.07, 6.45) is 0. The van der Waals surface area contributed by atoms with Gasteiger partial charge in [0.1, 0.15) is 0 Å². The average molecular weight is 304 g/mol. The SMILES string of the molecule is [Ge+2].[La+3].[O-][Si]([O-])([O-])[O-]. The molecule has 0 fully saturated rings. The number of rotatable bonds is 0. The predicted molar refractivity (Wildman–Crippen MR) is 11.5 cm³/mol. The summed E-state index contributed by atoms with van der Waals surface area (Å²) in [6.45, 7) is 0. The zero-order valence-corrected chi connectivity index (χ0v) is 9.93. The van der Waals surface area contributed by atoms with Crippen LogP contribution in [0.1, 0.15) is 0 Å². The molecular weight excluding hydrogens is 304 g/mol. The Labute approximate surface area is 80.6 Å². The van der Waals surface area contributed by atoms with Gasteiger partial charge in [-0.25, -0.2) is 0 Å². The Balaban J connectivity index is -0.0000000800. The van der Waals surface area contributed by atoms with Crippen molar-refractivity contribution in [2.24, 2.45) is 0 Å². The summed E-state index contributed by atoms with van der Waals surface area (Å²) in [6, 6.07) is 0. The van der Waals surface area contributed by atoms with E-state index in [2.05, 4.69) is 0 Å². The second-order valence-corrected chi connectivity index (χ2v) is 1.50. The van der Waals surface area contributed by atoms with Gasteiger partial charge in [-0.2, -0.15) is 0 Å².